The van der Waals surface area contributed by atoms with Crippen molar-refractivity contribution in [2.45, 2.75) is 10.5 Å². The Kier molecular flexibility index (Phi) is 3.26. The van der Waals surface area contributed by atoms with Gasteiger partial charge in [-0.1, -0.05) is 17.8 Å². The predicted molar refractivity (Wildman–Crippen MR) is 46.7 cm³/mol. The van der Waals surface area contributed by atoms with E-state index in [0.29, 0.717) is 5.16 Å². The zero-order valence-corrected chi connectivity index (χ0v) is 7.41. The van der Waals surface area contributed by atoms with Crippen molar-refractivity contribution in [2.24, 2.45) is 5.73 Å². The molecule has 1 unspecified atom stereocenters. The Morgan fingerprint density at radius 3 is 3.08 bits per heavy atom. The summed E-state index contributed by atoms with van der Waals surface area (Å²) < 4.78 is 0. The van der Waals surface area contributed by atoms with Crippen LogP contribution in [0.3, 0.4) is 0 Å². The van der Waals surface area contributed by atoms with Gasteiger partial charge < -0.3 is 11.1 Å². The normalized spacial score (nSPS) is 12.0. The minimum Gasteiger partial charge on any atom is -0.352 e. The highest BCUT2D eigenvalue weighted by Crippen LogP contribution is 2.15. The number of aromatic amines is 1. The molecule has 0 fully saturated rings. The number of nitrogens with zero attached hydrogens (tertiary/aromatic N) is 3. The molecule has 0 aliphatic heterocycles. The SMILES string of the molecule is C=CC(NC(N)=O)Sc1nnn[nH]1. The Morgan fingerprint density at radius 1 is 1.85 bits per heavy atom. The highest BCUT2D eigenvalue weighted by molar-refractivity contribution is 7.99. The Morgan fingerprint density at radius 2 is 2.62 bits per heavy atom. The molecule has 0 bridgehead atoms. The molecule has 2 amide bonds. The van der Waals surface area contributed by atoms with E-state index in [0.717, 1.165) is 0 Å². The largest absolute Gasteiger partial charge is 0.352 e. The van der Waals surface area contributed by atoms with Gasteiger partial charge in [0.1, 0.15) is 5.37 Å². The van der Waals surface area contributed by atoms with Gasteiger partial charge in [0, 0.05) is 0 Å². The molecule has 0 saturated carbocycles. The van der Waals surface area contributed by atoms with E-state index in [9.17, 15) is 4.79 Å². The molecule has 0 aromatic carbocycles. The molecule has 8 heteroatoms. The number of amides is 2. The van der Waals surface area contributed by atoms with Crippen molar-refractivity contribution in [1.82, 2.24) is 25.9 Å². The molecule has 1 heterocycles. The van der Waals surface area contributed by atoms with E-state index in [4.69, 9.17) is 5.73 Å². The van der Waals surface area contributed by atoms with Crippen LogP contribution in [0, 0.1) is 0 Å². The minimum absolute atomic E-state index is 0.341. The van der Waals surface area contributed by atoms with Gasteiger partial charge in [-0.2, -0.15) is 0 Å². The third-order valence-electron chi connectivity index (χ3n) is 1.06. The number of carbonyl (C=O) groups is 1. The lowest BCUT2D eigenvalue weighted by Gasteiger charge is -2.09. The summed E-state index contributed by atoms with van der Waals surface area (Å²) in [5.74, 6) is 0. The molecule has 0 spiro atoms. The molecule has 0 aliphatic rings. The standard InChI is InChI=1S/C5H8N6OS/c1-2-3(7-4(6)12)13-5-8-10-11-9-5/h2-3H,1H2,(H3,6,7,12)(H,8,9,10,11). The van der Waals surface area contributed by atoms with Crippen LogP contribution in [0.25, 0.3) is 0 Å². The number of hydrogen-bond acceptors (Lipinski definition) is 5. The van der Waals surface area contributed by atoms with Gasteiger partial charge in [-0.05, 0) is 10.4 Å². The summed E-state index contributed by atoms with van der Waals surface area (Å²) >= 11 is 1.20. The number of hydrogen-bond donors (Lipinski definition) is 3. The molecule has 70 valence electrons. The highest BCUT2D eigenvalue weighted by Gasteiger charge is 2.09. The molecule has 1 aromatic heterocycles. The van der Waals surface area contributed by atoms with Crippen molar-refractivity contribution in [3.05, 3.63) is 12.7 Å². The van der Waals surface area contributed by atoms with Crippen LogP contribution in [0.1, 0.15) is 0 Å². The fourth-order valence-electron chi connectivity index (χ4n) is 0.597. The highest BCUT2D eigenvalue weighted by atomic mass is 32.2. The molecule has 0 radical (unpaired) electrons. The van der Waals surface area contributed by atoms with Gasteiger partial charge in [0.2, 0.25) is 5.16 Å². The van der Waals surface area contributed by atoms with Crippen molar-refractivity contribution < 1.29 is 4.79 Å². The van der Waals surface area contributed by atoms with E-state index in [1.54, 1.807) is 0 Å². The predicted octanol–water partition coefficient (Wildman–Crippen LogP) is -0.528. The monoisotopic (exact) mass is 200 g/mol. The average Bonchev–Trinajstić information content (AvgIpc) is 2.55. The summed E-state index contributed by atoms with van der Waals surface area (Å²) in [5, 5.41) is 15.5. The van der Waals surface area contributed by atoms with E-state index in [2.05, 4.69) is 32.5 Å². The van der Waals surface area contributed by atoms with Crippen molar-refractivity contribution in [3.8, 4) is 0 Å². The van der Waals surface area contributed by atoms with Crippen LogP contribution in [-0.2, 0) is 0 Å². The van der Waals surface area contributed by atoms with Gasteiger partial charge in [-0.15, -0.1) is 11.7 Å². The summed E-state index contributed by atoms with van der Waals surface area (Å²) in [7, 11) is 0. The topological polar surface area (TPSA) is 110 Å². The summed E-state index contributed by atoms with van der Waals surface area (Å²) in [6.45, 7) is 3.52. The number of rotatable bonds is 4. The first-order chi connectivity index (χ1) is 6.22. The Labute approximate surface area is 78.1 Å². The molecule has 4 N–H and O–H groups in total. The Bertz CT molecular complexity index is 285. The summed E-state index contributed by atoms with van der Waals surface area (Å²) in [4.78, 5) is 10.5. The quantitative estimate of drug-likeness (QED) is 0.344. The van der Waals surface area contributed by atoms with Crippen LogP contribution in [0.5, 0.6) is 0 Å². The Hall–Kier alpha value is -1.57. The molecule has 13 heavy (non-hydrogen) atoms. The van der Waals surface area contributed by atoms with Crippen LogP contribution in [-0.4, -0.2) is 32.0 Å². The second-order valence-electron chi connectivity index (χ2n) is 1.99. The Balaban J connectivity index is 2.49. The van der Waals surface area contributed by atoms with Crippen molar-refractivity contribution >= 4 is 17.8 Å². The summed E-state index contributed by atoms with van der Waals surface area (Å²) in [6, 6.07) is -0.620. The lowest BCUT2D eigenvalue weighted by Crippen LogP contribution is -2.35. The second-order valence-corrected chi connectivity index (χ2v) is 3.12. The first-order valence-electron chi connectivity index (χ1n) is 3.31. The number of primary amides is 1. The second kappa shape index (κ2) is 4.45. The van der Waals surface area contributed by atoms with Gasteiger partial charge in [0.05, 0.1) is 0 Å². The molecule has 1 rings (SSSR count). The zero-order chi connectivity index (χ0) is 9.68. The van der Waals surface area contributed by atoms with Crippen LogP contribution in [0.4, 0.5) is 4.79 Å². The van der Waals surface area contributed by atoms with Crippen LogP contribution in [0.2, 0.25) is 0 Å². The minimum atomic E-state index is -0.620. The number of H-pyrrole nitrogens is 1. The summed E-state index contributed by atoms with van der Waals surface area (Å²) in [5.41, 5.74) is 4.92. The van der Waals surface area contributed by atoms with Gasteiger partial charge in [0.15, 0.2) is 0 Å². The first-order valence-corrected chi connectivity index (χ1v) is 4.19. The van der Waals surface area contributed by atoms with Crippen LogP contribution >= 0.6 is 11.8 Å². The number of nitrogens with one attached hydrogen (secondary N) is 2. The molecule has 7 nitrogen and oxygen atoms in total. The van der Waals surface area contributed by atoms with Crippen molar-refractivity contribution in [1.29, 1.82) is 0 Å². The van der Waals surface area contributed by atoms with Crippen LogP contribution < -0.4 is 11.1 Å². The summed E-state index contributed by atoms with van der Waals surface area (Å²) in [6.07, 6.45) is 1.53. The maximum absolute atomic E-state index is 10.5. The van der Waals surface area contributed by atoms with Crippen LogP contribution in [0.15, 0.2) is 17.8 Å². The van der Waals surface area contributed by atoms with Gasteiger partial charge in [0.25, 0.3) is 0 Å². The lowest BCUT2D eigenvalue weighted by atomic mass is 10.6. The third kappa shape index (κ3) is 3.11. The maximum atomic E-state index is 10.5. The zero-order valence-electron chi connectivity index (χ0n) is 6.60. The van der Waals surface area contributed by atoms with E-state index in [1.165, 1.54) is 17.8 Å². The fraction of sp³-hybridized carbons (Fsp3) is 0.200. The van der Waals surface area contributed by atoms with E-state index < -0.39 is 6.03 Å². The number of aromatic nitrogens is 4. The average molecular weight is 200 g/mol. The number of nitrogens with two attached hydrogens (primary N) is 1. The molecule has 0 saturated heterocycles. The molecule has 1 aromatic rings. The van der Waals surface area contributed by atoms with E-state index >= 15 is 0 Å². The first kappa shape index (κ1) is 9.52. The molecular weight excluding hydrogens is 192 g/mol. The lowest BCUT2D eigenvalue weighted by molar-refractivity contribution is 0.249. The van der Waals surface area contributed by atoms with Gasteiger partial charge in [-0.3, -0.25) is 0 Å². The molecular formula is C5H8N6OS. The van der Waals surface area contributed by atoms with E-state index in [1.807, 2.05) is 0 Å². The fourth-order valence-corrected chi connectivity index (χ4v) is 1.29. The van der Waals surface area contributed by atoms with Gasteiger partial charge >= 0.3 is 6.03 Å². The molecule has 0 aliphatic carbocycles. The third-order valence-corrected chi connectivity index (χ3v) is 2.02. The molecule has 1 atom stereocenters. The number of thioether (sulfide) groups is 1. The number of carbonyl (C=O) groups excluding carboxylic acids is 1. The smallest absolute Gasteiger partial charge is 0.313 e. The number of urea groups is 1. The number of tetrazole rings is 1. The van der Waals surface area contributed by atoms with E-state index in [-0.39, 0.29) is 5.37 Å². The maximum Gasteiger partial charge on any atom is 0.313 e. The van der Waals surface area contributed by atoms with Gasteiger partial charge in [-0.25, -0.2) is 9.89 Å². The van der Waals surface area contributed by atoms with Crippen molar-refractivity contribution in [2.75, 3.05) is 0 Å². The van der Waals surface area contributed by atoms with Crippen molar-refractivity contribution in [3.63, 3.8) is 0 Å².